The molecule has 2 aromatic carbocycles. The quantitative estimate of drug-likeness (QED) is 0.541. The number of rotatable bonds is 6. The van der Waals surface area contributed by atoms with E-state index in [0.717, 1.165) is 5.56 Å². The van der Waals surface area contributed by atoms with Crippen molar-refractivity contribution >= 4 is 60.7 Å². The fourth-order valence-corrected chi connectivity index (χ4v) is 7.31. The minimum Gasteiger partial charge on any atom is -0.495 e. The van der Waals surface area contributed by atoms with Gasteiger partial charge in [-0.05, 0) is 55.2 Å². The first kappa shape index (κ1) is 25.9. The molecule has 0 aromatic heterocycles. The molecule has 0 aliphatic carbocycles. The number of sulfonamides is 1. The molecule has 2 aromatic rings. The first-order chi connectivity index (χ1) is 16.6. The van der Waals surface area contributed by atoms with Gasteiger partial charge < -0.3 is 15.0 Å². The number of nitrogens with one attached hydrogen (secondary N) is 1. The minimum absolute atomic E-state index is 0.0566. The summed E-state index contributed by atoms with van der Waals surface area (Å²) in [5.74, 6) is -0.408. The predicted octanol–water partition coefficient (Wildman–Crippen LogP) is 4.45. The van der Waals surface area contributed by atoms with E-state index in [2.05, 4.69) is 21.2 Å². The Bertz CT molecular complexity index is 1270. The van der Waals surface area contributed by atoms with E-state index in [1.165, 1.54) is 11.4 Å². The fraction of sp³-hybridized carbons (Fsp3) is 0.417. The van der Waals surface area contributed by atoms with Crippen LogP contribution in [0, 0.1) is 5.92 Å². The normalized spacial score (nSPS) is 18.3. The molecule has 35 heavy (non-hydrogen) atoms. The van der Waals surface area contributed by atoms with Gasteiger partial charge in [0.2, 0.25) is 21.8 Å². The number of carbonyl (C=O) groups excluding carboxylic acids is 2. The van der Waals surface area contributed by atoms with E-state index >= 15 is 0 Å². The van der Waals surface area contributed by atoms with Crippen LogP contribution >= 0.6 is 27.5 Å². The number of halogens is 2. The number of fused-ring (bicyclic) bond motifs is 1. The molecule has 2 heterocycles. The second-order valence-corrected chi connectivity index (χ2v) is 11.8. The summed E-state index contributed by atoms with van der Waals surface area (Å²) >= 11 is 9.58. The van der Waals surface area contributed by atoms with E-state index in [-0.39, 0.29) is 29.7 Å². The van der Waals surface area contributed by atoms with E-state index in [0.29, 0.717) is 59.0 Å². The number of nitrogens with zero attached hydrogens (tertiary/aromatic N) is 2. The summed E-state index contributed by atoms with van der Waals surface area (Å²) < 4.78 is 34.7. The Morgan fingerprint density at radius 3 is 2.69 bits per heavy atom. The third kappa shape index (κ3) is 5.21. The molecule has 0 unspecified atom stereocenters. The molecule has 2 aliphatic heterocycles. The van der Waals surface area contributed by atoms with Crippen LogP contribution in [-0.4, -0.2) is 51.3 Å². The summed E-state index contributed by atoms with van der Waals surface area (Å²) in [4.78, 5) is 27.2. The lowest BCUT2D eigenvalue weighted by atomic mass is 9.98. The second-order valence-electron chi connectivity index (χ2n) is 8.60. The maximum absolute atomic E-state index is 13.8. The number of hydrogen-bond donors (Lipinski definition) is 1. The van der Waals surface area contributed by atoms with Crippen LogP contribution in [0.2, 0.25) is 5.02 Å². The summed E-state index contributed by atoms with van der Waals surface area (Å²) in [5, 5.41) is 3.20. The number of methoxy groups -OCH3 is 1. The molecule has 1 fully saturated rings. The zero-order valence-electron chi connectivity index (χ0n) is 19.5. The van der Waals surface area contributed by atoms with Gasteiger partial charge in [0.05, 0.1) is 23.7 Å². The maximum atomic E-state index is 13.8. The molecule has 1 N–H and O–H groups in total. The van der Waals surface area contributed by atoms with Crippen LogP contribution in [0.15, 0.2) is 39.7 Å². The third-order valence-electron chi connectivity index (χ3n) is 6.39. The Labute approximate surface area is 218 Å². The van der Waals surface area contributed by atoms with Crippen LogP contribution in [-0.2, 0) is 26.0 Å². The van der Waals surface area contributed by atoms with Crippen LogP contribution < -0.4 is 15.0 Å². The van der Waals surface area contributed by atoms with Crippen molar-refractivity contribution in [3.63, 3.8) is 0 Å². The predicted molar refractivity (Wildman–Crippen MR) is 139 cm³/mol. The lowest BCUT2D eigenvalue weighted by molar-refractivity contribution is -0.121. The highest BCUT2D eigenvalue weighted by Crippen LogP contribution is 2.40. The van der Waals surface area contributed by atoms with Crippen molar-refractivity contribution in [3.05, 3.63) is 45.4 Å². The van der Waals surface area contributed by atoms with E-state index in [1.54, 1.807) is 36.1 Å². The van der Waals surface area contributed by atoms with E-state index in [4.69, 9.17) is 16.3 Å². The molecule has 0 bridgehead atoms. The molecule has 8 nitrogen and oxygen atoms in total. The summed E-state index contributed by atoms with van der Waals surface area (Å²) in [6.45, 7) is 2.58. The van der Waals surface area contributed by atoms with Crippen molar-refractivity contribution < 1.29 is 22.7 Å². The Hall–Kier alpha value is -2.14. The standard InChI is InChI=1S/C24H27BrClN3O5S/c1-3-22(30)29-10-8-15-11-17(25)12-21(23(15)29)35(32,33)28-9-4-5-16(14-28)24(31)27-18-6-7-20(34-2)19(26)13-18/h6-7,11-13,16H,3-5,8-10,14H2,1-2H3,(H,27,31)/t16-/m0/s1. The Morgan fingerprint density at radius 1 is 1.23 bits per heavy atom. The molecule has 1 atom stereocenters. The van der Waals surface area contributed by atoms with Gasteiger partial charge in [-0.25, -0.2) is 8.42 Å². The van der Waals surface area contributed by atoms with Crippen molar-refractivity contribution in [2.75, 3.05) is 37.0 Å². The largest absolute Gasteiger partial charge is 0.495 e. The Balaban J connectivity index is 1.58. The van der Waals surface area contributed by atoms with Crippen molar-refractivity contribution in [2.45, 2.75) is 37.5 Å². The van der Waals surface area contributed by atoms with E-state index in [9.17, 15) is 18.0 Å². The topological polar surface area (TPSA) is 96.0 Å². The van der Waals surface area contributed by atoms with Gasteiger partial charge in [-0.3, -0.25) is 9.59 Å². The van der Waals surface area contributed by atoms with Crippen molar-refractivity contribution in [1.82, 2.24) is 4.31 Å². The molecule has 4 rings (SSSR count). The molecule has 11 heteroatoms. The van der Waals surface area contributed by atoms with Gasteiger partial charge in [0.25, 0.3) is 0 Å². The average molecular weight is 585 g/mol. The minimum atomic E-state index is -3.95. The molecule has 2 aliphatic rings. The number of amides is 2. The molecule has 1 saturated heterocycles. The lowest BCUT2D eigenvalue weighted by Crippen LogP contribution is -2.44. The zero-order chi connectivity index (χ0) is 25.3. The van der Waals surface area contributed by atoms with Crippen LogP contribution in [0.1, 0.15) is 31.7 Å². The number of hydrogen-bond acceptors (Lipinski definition) is 5. The summed E-state index contributed by atoms with van der Waals surface area (Å²) in [7, 11) is -2.44. The van der Waals surface area contributed by atoms with Crippen molar-refractivity contribution in [1.29, 1.82) is 0 Å². The summed E-state index contributed by atoms with van der Waals surface area (Å²) in [5.41, 5.74) is 1.79. The van der Waals surface area contributed by atoms with Gasteiger partial charge in [-0.2, -0.15) is 4.31 Å². The molecule has 188 valence electrons. The van der Waals surface area contributed by atoms with Crippen LogP contribution in [0.5, 0.6) is 5.75 Å². The molecular weight excluding hydrogens is 558 g/mol. The smallest absolute Gasteiger partial charge is 0.245 e. The first-order valence-electron chi connectivity index (χ1n) is 11.4. The zero-order valence-corrected chi connectivity index (χ0v) is 22.7. The average Bonchev–Trinajstić information content (AvgIpc) is 3.26. The fourth-order valence-electron chi connectivity index (χ4n) is 4.61. The molecular formula is C24H27BrClN3O5S. The number of carbonyl (C=O) groups is 2. The Morgan fingerprint density at radius 2 is 2.00 bits per heavy atom. The van der Waals surface area contributed by atoms with Crippen LogP contribution in [0.4, 0.5) is 11.4 Å². The van der Waals surface area contributed by atoms with Gasteiger partial charge in [0.1, 0.15) is 10.6 Å². The van der Waals surface area contributed by atoms with Gasteiger partial charge in [-0.15, -0.1) is 0 Å². The monoisotopic (exact) mass is 583 g/mol. The number of piperidine rings is 1. The summed E-state index contributed by atoms with van der Waals surface area (Å²) in [6, 6.07) is 8.36. The molecule has 0 spiro atoms. The van der Waals surface area contributed by atoms with Gasteiger partial charge >= 0.3 is 0 Å². The van der Waals surface area contributed by atoms with Gasteiger partial charge in [-0.1, -0.05) is 34.5 Å². The van der Waals surface area contributed by atoms with Gasteiger partial charge in [0, 0.05) is 36.2 Å². The second kappa shape index (κ2) is 10.5. The highest BCUT2D eigenvalue weighted by Gasteiger charge is 2.38. The van der Waals surface area contributed by atoms with Crippen LogP contribution in [0.3, 0.4) is 0 Å². The highest BCUT2D eigenvalue weighted by atomic mass is 79.9. The summed E-state index contributed by atoms with van der Waals surface area (Å²) in [6.07, 6.45) is 2.00. The highest BCUT2D eigenvalue weighted by molar-refractivity contribution is 9.10. The van der Waals surface area contributed by atoms with Crippen LogP contribution in [0.25, 0.3) is 0 Å². The number of anilines is 2. The first-order valence-corrected chi connectivity index (χ1v) is 14.0. The van der Waals surface area contributed by atoms with Crippen molar-refractivity contribution in [2.24, 2.45) is 5.92 Å². The SMILES string of the molecule is CCC(=O)N1CCc2cc(Br)cc(S(=O)(=O)N3CCC[C@H](C(=O)Nc4ccc(OC)c(Cl)c4)C3)c21. The molecule has 0 radical (unpaired) electrons. The van der Waals surface area contributed by atoms with Crippen molar-refractivity contribution in [3.8, 4) is 5.75 Å². The number of ether oxygens (including phenoxy) is 1. The number of benzene rings is 2. The maximum Gasteiger partial charge on any atom is 0.245 e. The van der Waals surface area contributed by atoms with E-state index < -0.39 is 15.9 Å². The third-order valence-corrected chi connectivity index (χ3v) is 9.02. The van der Waals surface area contributed by atoms with Gasteiger partial charge in [0.15, 0.2) is 0 Å². The van der Waals surface area contributed by atoms with E-state index in [1.807, 2.05) is 6.07 Å². The Kier molecular flexibility index (Phi) is 7.75. The lowest BCUT2D eigenvalue weighted by Gasteiger charge is -2.32. The molecule has 0 saturated carbocycles. The molecule has 2 amide bonds.